The van der Waals surface area contributed by atoms with Gasteiger partial charge in [0, 0.05) is 22.4 Å². The Hall–Kier alpha value is -2.67. The minimum absolute atomic E-state index is 0.171. The maximum absolute atomic E-state index is 10.8. The fourth-order valence-corrected chi connectivity index (χ4v) is 3.35. The molecule has 6 nitrogen and oxygen atoms in total. The van der Waals surface area contributed by atoms with E-state index in [4.69, 9.17) is 10.5 Å². The Morgan fingerprint density at radius 3 is 2.63 bits per heavy atom. The average molecular weight is 427 g/mol. The molecule has 3 aromatic rings. The molecule has 1 unspecified atom stereocenters. The Morgan fingerprint density at radius 1 is 1.22 bits per heavy atom. The van der Waals surface area contributed by atoms with Crippen LogP contribution in [0.25, 0.3) is 11.3 Å². The fraction of sp³-hybridized carbons (Fsp3) is 0.250. The molecule has 0 aliphatic heterocycles. The van der Waals surface area contributed by atoms with Gasteiger partial charge in [-0.05, 0) is 64.7 Å². The van der Waals surface area contributed by atoms with Gasteiger partial charge in [0.05, 0.1) is 23.8 Å². The summed E-state index contributed by atoms with van der Waals surface area (Å²) < 4.78 is 7.98. The van der Waals surface area contributed by atoms with E-state index < -0.39 is 6.09 Å². The zero-order valence-electron chi connectivity index (χ0n) is 14.6. The van der Waals surface area contributed by atoms with Crippen LogP contribution in [-0.4, -0.2) is 20.6 Å². The van der Waals surface area contributed by atoms with Crippen LogP contribution in [0.4, 0.5) is 4.79 Å². The van der Waals surface area contributed by atoms with Crippen molar-refractivity contribution in [3.05, 3.63) is 65.3 Å². The number of ether oxygens (including phenoxy) is 1. The summed E-state index contributed by atoms with van der Waals surface area (Å²) in [5.74, 6) is 1.17. The van der Waals surface area contributed by atoms with Gasteiger partial charge in [0.1, 0.15) is 5.75 Å². The standard InChI is InChI=1S/C20H19BrN4O2/c21-15-5-8-17(23-10-15)19(9-13-1-2-13)25-11-18(24-12-25)14-3-6-16(7-4-14)27-20(22)26/h3-8,10-13,19H,1-2,9H2,(H2,22,26). The van der Waals surface area contributed by atoms with Gasteiger partial charge in [-0.3, -0.25) is 4.98 Å². The van der Waals surface area contributed by atoms with Gasteiger partial charge in [-0.2, -0.15) is 0 Å². The van der Waals surface area contributed by atoms with Gasteiger partial charge in [0.2, 0.25) is 0 Å². The smallest absolute Gasteiger partial charge is 0.409 e. The van der Waals surface area contributed by atoms with Gasteiger partial charge >= 0.3 is 6.09 Å². The van der Waals surface area contributed by atoms with Crippen molar-refractivity contribution in [3.63, 3.8) is 0 Å². The molecule has 0 bridgehead atoms. The molecule has 1 amide bonds. The molecule has 1 saturated carbocycles. The zero-order chi connectivity index (χ0) is 18.8. The van der Waals surface area contributed by atoms with E-state index in [1.807, 2.05) is 36.9 Å². The number of carbonyl (C=O) groups excluding carboxylic acids is 1. The van der Waals surface area contributed by atoms with Gasteiger partial charge < -0.3 is 15.0 Å². The molecule has 2 N–H and O–H groups in total. The predicted octanol–water partition coefficient (Wildman–Crippen LogP) is 4.55. The van der Waals surface area contributed by atoms with Crippen molar-refractivity contribution in [2.24, 2.45) is 11.7 Å². The minimum atomic E-state index is -0.822. The number of benzene rings is 1. The van der Waals surface area contributed by atoms with Crippen molar-refractivity contribution in [1.29, 1.82) is 0 Å². The number of carbonyl (C=O) groups is 1. The van der Waals surface area contributed by atoms with Crippen molar-refractivity contribution in [2.75, 3.05) is 0 Å². The highest BCUT2D eigenvalue weighted by atomic mass is 79.9. The summed E-state index contributed by atoms with van der Waals surface area (Å²) in [4.78, 5) is 20.0. The zero-order valence-corrected chi connectivity index (χ0v) is 16.2. The molecule has 0 saturated heterocycles. The fourth-order valence-electron chi connectivity index (χ4n) is 3.12. The predicted molar refractivity (Wildman–Crippen MR) is 105 cm³/mol. The number of halogens is 1. The lowest BCUT2D eigenvalue weighted by Crippen LogP contribution is -2.16. The lowest BCUT2D eigenvalue weighted by atomic mass is 10.1. The molecule has 0 radical (unpaired) electrons. The number of nitrogens with two attached hydrogens (primary N) is 1. The molecule has 4 rings (SSSR count). The molecule has 1 atom stereocenters. The van der Waals surface area contributed by atoms with Crippen LogP contribution < -0.4 is 10.5 Å². The quantitative estimate of drug-likeness (QED) is 0.626. The number of aromatic nitrogens is 3. The van der Waals surface area contributed by atoms with E-state index in [1.165, 1.54) is 12.8 Å². The first-order chi connectivity index (χ1) is 13.1. The van der Waals surface area contributed by atoms with Crippen molar-refractivity contribution >= 4 is 22.0 Å². The number of nitrogens with zero attached hydrogens (tertiary/aromatic N) is 3. The summed E-state index contributed by atoms with van der Waals surface area (Å²) >= 11 is 3.45. The van der Waals surface area contributed by atoms with E-state index >= 15 is 0 Å². The Morgan fingerprint density at radius 2 is 2.00 bits per heavy atom. The Balaban J connectivity index is 1.58. The van der Waals surface area contributed by atoms with Gasteiger partial charge in [-0.1, -0.05) is 12.8 Å². The third-order valence-electron chi connectivity index (χ3n) is 4.68. The number of rotatable bonds is 6. The first kappa shape index (κ1) is 17.7. The molecule has 2 aromatic heterocycles. The van der Waals surface area contributed by atoms with Crippen LogP contribution in [0.1, 0.15) is 31.0 Å². The Bertz CT molecular complexity index is 933. The van der Waals surface area contributed by atoms with Crippen LogP contribution in [0.2, 0.25) is 0 Å². The van der Waals surface area contributed by atoms with Crippen molar-refractivity contribution < 1.29 is 9.53 Å². The maximum atomic E-state index is 10.8. The number of hydrogen-bond donors (Lipinski definition) is 1. The second-order valence-corrected chi connectivity index (χ2v) is 7.66. The third kappa shape index (κ3) is 4.36. The summed E-state index contributed by atoms with van der Waals surface area (Å²) in [5.41, 5.74) is 7.88. The van der Waals surface area contributed by atoms with Gasteiger partial charge in [0.25, 0.3) is 0 Å². The topological polar surface area (TPSA) is 83.0 Å². The van der Waals surface area contributed by atoms with Gasteiger partial charge in [0.15, 0.2) is 0 Å². The summed E-state index contributed by atoms with van der Waals surface area (Å²) in [7, 11) is 0. The minimum Gasteiger partial charge on any atom is -0.411 e. The van der Waals surface area contributed by atoms with Crippen molar-refractivity contribution in [1.82, 2.24) is 14.5 Å². The van der Waals surface area contributed by atoms with Crippen LogP contribution in [0.5, 0.6) is 5.75 Å². The number of imidazole rings is 1. The first-order valence-corrected chi connectivity index (χ1v) is 9.60. The second kappa shape index (κ2) is 7.52. The molecule has 1 fully saturated rings. The van der Waals surface area contributed by atoms with E-state index in [0.29, 0.717) is 5.75 Å². The number of hydrogen-bond acceptors (Lipinski definition) is 4. The molecule has 1 aromatic carbocycles. The van der Waals surface area contributed by atoms with E-state index in [2.05, 4.69) is 36.5 Å². The molecule has 1 aliphatic carbocycles. The molecule has 138 valence electrons. The average Bonchev–Trinajstić information content (AvgIpc) is 3.35. The maximum Gasteiger partial charge on any atom is 0.409 e. The molecule has 1 aliphatic rings. The van der Waals surface area contributed by atoms with Crippen molar-refractivity contribution in [3.8, 4) is 17.0 Å². The lowest BCUT2D eigenvalue weighted by molar-refractivity contribution is 0.211. The van der Waals surface area contributed by atoms with E-state index in [1.54, 1.807) is 12.1 Å². The molecule has 0 spiro atoms. The largest absolute Gasteiger partial charge is 0.411 e. The highest BCUT2D eigenvalue weighted by Crippen LogP contribution is 2.39. The van der Waals surface area contributed by atoms with Crippen LogP contribution >= 0.6 is 15.9 Å². The van der Waals surface area contributed by atoms with E-state index in [0.717, 1.165) is 33.8 Å². The van der Waals surface area contributed by atoms with E-state index in [-0.39, 0.29) is 6.04 Å². The normalized spacial score (nSPS) is 14.7. The van der Waals surface area contributed by atoms with Crippen LogP contribution in [0.3, 0.4) is 0 Å². The highest BCUT2D eigenvalue weighted by Gasteiger charge is 2.28. The molecular weight excluding hydrogens is 408 g/mol. The van der Waals surface area contributed by atoms with Crippen LogP contribution in [0.15, 0.2) is 59.6 Å². The number of pyridine rings is 1. The van der Waals surface area contributed by atoms with Crippen molar-refractivity contribution in [2.45, 2.75) is 25.3 Å². The monoisotopic (exact) mass is 426 g/mol. The number of amides is 1. The third-order valence-corrected chi connectivity index (χ3v) is 5.14. The Labute approximate surface area is 165 Å². The molecule has 7 heteroatoms. The van der Waals surface area contributed by atoms with Crippen LogP contribution in [0, 0.1) is 5.92 Å². The highest BCUT2D eigenvalue weighted by molar-refractivity contribution is 9.10. The van der Waals surface area contributed by atoms with E-state index in [9.17, 15) is 4.79 Å². The molecular formula is C20H19BrN4O2. The van der Waals surface area contributed by atoms with Gasteiger partial charge in [-0.25, -0.2) is 9.78 Å². The molecule has 27 heavy (non-hydrogen) atoms. The SMILES string of the molecule is NC(=O)Oc1ccc(-c2cn(C(CC3CC3)c3ccc(Br)cn3)cn2)cc1. The summed E-state index contributed by atoms with van der Waals surface area (Å²) in [6.45, 7) is 0. The second-order valence-electron chi connectivity index (χ2n) is 6.75. The number of primary amides is 1. The van der Waals surface area contributed by atoms with Crippen LogP contribution in [-0.2, 0) is 0 Å². The molecule has 2 heterocycles. The summed E-state index contributed by atoms with van der Waals surface area (Å²) in [6.07, 6.45) is 8.56. The Kier molecular flexibility index (Phi) is 4.94. The summed E-state index contributed by atoms with van der Waals surface area (Å²) in [6, 6.07) is 11.4. The van der Waals surface area contributed by atoms with Gasteiger partial charge in [-0.15, -0.1) is 0 Å². The first-order valence-electron chi connectivity index (χ1n) is 8.81. The summed E-state index contributed by atoms with van der Waals surface area (Å²) in [5, 5.41) is 0. The lowest BCUT2D eigenvalue weighted by Gasteiger charge is -2.17.